The van der Waals surface area contributed by atoms with Crippen molar-refractivity contribution in [3.63, 3.8) is 0 Å². The molecule has 1 saturated heterocycles. The number of nitrogens with zero attached hydrogens (tertiary/aromatic N) is 2. The summed E-state index contributed by atoms with van der Waals surface area (Å²) in [4.78, 5) is 2.32. The zero-order chi connectivity index (χ0) is 17.6. The van der Waals surface area contributed by atoms with Crippen LogP contribution in [0.1, 0.15) is 17.5 Å². The molecule has 2 aromatic rings. The van der Waals surface area contributed by atoms with E-state index < -0.39 is 5.82 Å². The van der Waals surface area contributed by atoms with Crippen LogP contribution in [0.2, 0.25) is 0 Å². The second kappa shape index (κ2) is 8.11. The van der Waals surface area contributed by atoms with Crippen molar-refractivity contribution in [2.75, 3.05) is 25.0 Å². The zero-order valence-electron chi connectivity index (χ0n) is 14.0. The summed E-state index contributed by atoms with van der Waals surface area (Å²) in [6.45, 7) is 2.56. The summed E-state index contributed by atoms with van der Waals surface area (Å²) in [5.74, 6) is -0.484. The lowest BCUT2D eigenvalue weighted by Gasteiger charge is -2.38. The van der Waals surface area contributed by atoms with Crippen molar-refractivity contribution in [3.05, 3.63) is 65.5 Å². The number of nitrogens with one attached hydrogen (secondary N) is 1. The number of nitriles is 1. The van der Waals surface area contributed by atoms with Gasteiger partial charge in [-0.1, -0.05) is 36.4 Å². The molecule has 0 aromatic heterocycles. The van der Waals surface area contributed by atoms with Crippen LogP contribution in [0.15, 0.2) is 48.5 Å². The van der Waals surface area contributed by atoms with Crippen molar-refractivity contribution in [2.45, 2.75) is 19.0 Å². The molecule has 1 heterocycles. The molecule has 2 aromatic carbocycles. The van der Waals surface area contributed by atoms with Crippen LogP contribution < -0.4 is 5.32 Å². The molecule has 1 aliphatic rings. The van der Waals surface area contributed by atoms with Gasteiger partial charge in [0, 0.05) is 38.2 Å². The van der Waals surface area contributed by atoms with Crippen molar-refractivity contribution >= 4 is 5.69 Å². The normalized spacial score (nSPS) is 20.8. The first-order valence-corrected chi connectivity index (χ1v) is 8.53. The number of likely N-dealkylation sites (tertiary alicyclic amines) is 1. The highest BCUT2D eigenvalue weighted by Gasteiger charge is 2.29. The molecule has 0 saturated carbocycles. The first-order chi connectivity index (χ1) is 12.2. The number of halogens is 1. The molecule has 1 aliphatic heterocycles. The number of hydrogen-bond donors (Lipinski definition) is 2. The SMILES string of the molecule is N#Cc1c(F)cccc1NC1CCN(Cc2ccccc2)CC1CO. The molecule has 5 heteroatoms. The van der Waals surface area contributed by atoms with E-state index in [-0.39, 0.29) is 24.1 Å². The quantitative estimate of drug-likeness (QED) is 0.879. The first-order valence-electron chi connectivity index (χ1n) is 8.53. The second-order valence-electron chi connectivity index (χ2n) is 6.48. The standard InChI is InChI=1S/C20H22FN3O/c21-18-7-4-8-20(17(18)11-22)23-19-9-10-24(13-16(19)14-25)12-15-5-2-1-3-6-15/h1-8,16,19,23,25H,9-10,12-14H2. The van der Waals surface area contributed by atoms with Crippen LogP contribution in [0.5, 0.6) is 0 Å². The van der Waals surface area contributed by atoms with Crippen molar-refractivity contribution in [3.8, 4) is 6.07 Å². The molecule has 0 radical (unpaired) electrons. The van der Waals surface area contributed by atoms with Crippen molar-refractivity contribution < 1.29 is 9.50 Å². The van der Waals surface area contributed by atoms with E-state index in [1.165, 1.54) is 11.6 Å². The van der Waals surface area contributed by atoms with Crippen LogP contribution in [0, 0.1) is 23.1 Å². The summed E-state index contributed by atoms with van der Waals surface area (Å²) < 4.78 is 13.8. The number of rotatable bonds is 5. The highest BCUT2D eigenvalue weighted by Crippen LogP contribution is 2.25. The van der Waals surface area contributed by atoms with Gasteiger partial charge in [-0.25, -0.2) is 4.39 Å². The molecule has 1 fully saturated rings. The van der Waals surface area contributed by atoms with Crippen LogP contribution in [-0.2, 0) is 6.54 Å². The summed E-state index contributed by atoms with van der Waals surface area (Å²) in [5.41, 5.74) is 1.79. The van der Waals surface area contributed by atoms with Gasteiger partial charge in [-0.05, 0) is 24.1 Å². The zero-order valence-corrected chi connectivity index (χ0v) is 14.0. The molecular weight excluding hydrogens is 317 g/mol. The summed E-state index contributed by atoms with van der Waals surface area (Å²) in [5, 5.41) is 22.2. The van der Waals surface area contributed by atoms with Crippen molar-refractivity contribution in [1.29, 1.82) is 5.26 Å². The van der Waals surface area contributed by atoms with Gasteiger partial charge < -0.3 is 10.4 Å². The van der Waals surface area contributed by atoms with Gasteiger partial charge in [0.1, 0.15) is 17.4 Å². The van der Waals surface area contributed by atoms with Crippen molar-refractivity contribution in [1.82, 2.24) is 4.90 Å². The average molecular weight is 339 g/mol. The number of piperidine rings is 1. The fraction of sp³-hybridized carbons (Fsp3) is 0.350. The molecule has 3 rings (SSSR count). The Bertz CT molecular complexity index is 744. The maximum absolute atomic E-state index is 13.8. The highest BCUT2D eigenvalue weighted by molar-refractivity contribution is 5.58. The first kappa shape index (κ1) is 17.4. The Morgan fingerprint density at radius 3 is 2.72 bits per heavy atom. The Kier molecular flexibility index (Phi) is 5.64. The molecule has 2 unspecified atom stereocenters. The lowest BCUT2D eigenvalue weighted by molar-refractivity contribution is 0.105. The average Bonchev–Trinajstić information content (AvgIpc) is 2.64. The topological polar surface area (TPSA) is 59.3 Å². The molecule has 2 N–H and O–H groups in total. The predicted molar refractivity (Wildman–Crippen MR) is 95.4 cm³/mol. The fourth-order valence-corrected chi connectivity index (χ4v) is 3.43. The van der Waals surface area contributed by atoms with Crippen LogP contribution in [-0.4, -0.2) is 35.7 Å². The Balaban J connectivity index is 1.67. The third-order valence-electron chi connectivity index (χ3n) is 4.77. The minimum atomic E-state index is -0.519. The maximum Gasteiger partial charge on any atom is 0.143 e. The van der Waals surface area contributed by atoms with Crippen LogP contribution in [0.3, 0.4) is 0 Å². The predicted octanol–water partition coefficient (Wildman–Crippen LogP) is 2.99. The van der Waals surface area contributed by atoms with E-state index in [0.29, 0.717) is 5.69 Å². The molecule has 0 spiro atoms. The molecule has 0 aliphatic carbocycles. The Morgan fingerprint density at radius 1 is 1.20 bits per heavy atom. The van der Waals surface area contributed by atoms with Gasteiger partial charge in [-0.15, -0.1) is 0 Å². The third kappa shape index (κ3) is 4.16. The summed E-state index contributed by atoms with van der Waals surface area (Å²) >= 11 is 0. The van der Waals surface area contributed by atoms with E-state index in [9.17, 15) is 14.8 Å². The van der Waals surface area contributed by atoms with Crippen molar-refractivity contribution in [2.24, 2.45) is 5.92 Å². The maximum atomic E-state index is 13.8. The van der Waals surface area contributed by atoms with E-state index in [0.717, 1.165) is 26.1 Å². The largest absolute Gasteiger partial charge is 0.396 e. The van der Waals surface area contributed by atoms with Crippen LogP contribution >= 0.6 is 0 Å². The molecular formula is C20H22FN3O. The molecule has 130 valence electrons. The highest BCUT2D eigenvalue weighted by atomic mass is 19.1. The molecule has 25 heavy (non-hydrogen) atoms. The third-order valence-corrected chi connectivity index (χ3v) is 4.77. The van der Waals surface area contributed by atoms with E-state index in [1.807, 2.05) is 24.3 Å². The van der Waals surface area contributed by atoms with Gasteiger partial charge in [0.15, 0.2) is 0 Å². The smallest absolute Gasteiger partial charge is 0.143 e. The molecule has 4 nitrogen and oxygen atoms in total. The summed E-state index contributed by atoms with van der Waals surface area (Å²) in [6.07, 6.45) is 0.833. The summed E-state index contributed by atoms with van der Waals surface area (Å²) in [7, 11) is 0. The van der Waals surface area contributed by atoms with Gasteiger partial charge in [0.2, 0.25) is 0 Å². The van der Waals surface area contributed by atoms with Crippen LogP contribution in [0.4, 0.5) is 10.1 Å². The lowest BCUT2D eigenvalue weighted by Crippen LogP contribution is -2.47. The van der Waals surface area contributed by atoms with E-state index >= 15 is 0 Å². The van der Waals surface area contributed by atoms with Gasteiger partial charge in [0.05, 0.1) is 5.69 Å². The summed E-state index contributed by atoms with van der Waals surface area (Å²) in [6, 6.07) is 16.8. The Morgan fingerprint density at radius 2 is 2.00 bits per heavy atom. The van der Waals surface area contributed by atoms with E-state index in [2.05, 4.69) is 22.3 Å². The Labute approximate surface area is 147 Å². The van der Waals surface area contributed by atoms with Gasteiger partial charge in [0.25, 0.3) is 0 Å². The number of anilines is 1. The van der Waals surface area contributed by atoms with Gasteiger partial charge in [-0.2, -0.15) is 5.26 Å². The lowest BCUT2D eigenvalue weighted by atomic mass is 9.91. The Hall–Kier alpha value is -2.42. The number of benzene rings is 2. The minimum Gasteiger partial charge on any atom is -0.396 e. The molecule has 0 bridgehead atoms. The van der Waals surface area contributed by atoms with Crippen LogP contribution in [0.25, 0.3) is 0 Å². The fourth-order valence-electron chi connectivity index (χ4n) is 3.43. The second-order valence-corrected chi connectivity index (χ2v) is 6.48. The molecule has 0 amide bonds. The monoisotopic (exact) mass is 339 g/mol. The number of aliphatic hydroxyl groups is 1. The van der Waals surface area contributed by atoms with Gasteiger partial charge in [-0.3, -0.25) is 4.90 Å². The number of aliphatic hydroxyl groups excluding tert-OH is 1. The van der Waals surface area contributed by atoms with E-state index in [4.69, 9.17) is 0 Å². The van der Waals surface area contributed by atoms with Gasteiger partial charge >= 0.3 is 0 Å². The number of hydrogen-bond acceptors (Lipinski definition) is 4. The minimum absolute atomic E-state index is 0.0194. The molecule has 2 atom stereocenters. The van der Waals surface area contributed by atoms with E-state index in [1.54, 1.807) is 12.1 Å².